The zero-order valence-electron chi connectivity index (χ0n) is 13.1. The van der Waals surface area contributed by atoms with Crippen LogP contribution in [0, 0.1) is 0 Å². The first-order valence-corrected chi connectivity index (χ1v) is 7.04. The van der Waals surface area contributed by atoms with Crippen LogP contribution in [-0.2, 0) is 0 Å². The number of phenolic OH excluding ortho intramolecular Hbond substituents is 2. The minimum absolute atomic E-state index is 0.138. The third kappa shape index (κ3) is 6.74. The van der Waals surface area contributed by atoms with E-state index in [9.17, 15) is 15.0 Å². The average Bonchev–Trinajstić information content (AvgIpc) is 2.41. The van der Waals surface area contributed by atoms with Crippen LogP contribution in [0.4, 0.5) is 0 Å². The fourth-order valence-corrected chi connectivity index (χ4v) is 1.72. The van der Waals surface area contributed by atoms with Gasteiger partial charge in [0.2, 0.25) is 0 Å². The van der Waals surface area contributed by atoms with E-state index in [2.05, 4.69) is 30.5 Å². The van der Waals surface area contributed by atoms with Gasteiger partial charge in [-0.25, -0.2) is 5.43 Å². The van der Waals surface area contributed by atoms with Gasteiger partial charge >= 0.3 is 0 Å². The Kier molecular flexibility index (Phi) is 6.89. The van der Waals surface area contributed by atoms with Gasteiger partial charge in [-0.2, -0.15) is 5.10 Å². The van der Waals surface area contributed by atoms with E-state index < -0.39 is 5.91 Å². The van der Waals surface area contributed by atoms with E-state index in [1.807, 2.05) is 13.0 Å². The van der Waals surface area contributed by atoms with E-state index in [0.29, 0.717) is 0 Å². The molecule has 0 unspecified atom stereocenters. The summed E-state index contributed by atoms with van der Waals surface area (Å²) < 4.78 is 0. The molecule has 0 bridgehead atoms. The number of aromatic hydroxyl groups is 2. The molecule has 0 aliphatic rings. The molecule has 5 nitrogen and oxygen atoms in total. The van der Waals surface area contributed by atoms with E-state index in [1.165, 1.54) is 23.9 Å². The molecule has 1 rings (SSSR count). The van der Waals surface area contributed by atoms with Crippen molar-refractivity contribution in [3.05, 3.63) is 47.1 Å². The highest BCUT2D eigenvalue weighted by atomic mass is 16.3. The molecule has 0 spiro atoms. The Morgan fingerprint density at radius 3 is 2.41 bits per heavy atom. The minimum Gasteiger partial charge on any atom is -0.508 e. The van der Waals surface area contributed by atoms with Crippen molar-refractivity contribution in [3.63, 3.8) is 0 Å². The van der Waals surface area contributed by atoms with Gasteiger partial charge in [-0.05, 0) is 51.8 Å². The minimum atomic E-state index is -0.502. The number of carbonyl (C=O) groups is 1. The number of hydrazone groups is 1. The summed E-state index contributed by atoms with van der Waals surface area (Å²) in [5.41, 5.74) is 4.93. The molecule has 1 aromatic carbocycles. The van der Waals surface area contributed by atoms with Crippen molar-refractivity contribution in [2.45, 2.75) is 33.6 Å². The standard InChI is InChI=1S/C17H22N2O3/c1-12(2)5-4-6-13(3)7-8-18-19-17(22)14-9-15(20)11-16(21)10-14/h5,7-11,20-21H,4,6H2,1-3H3,(H,19,22)/b13-7+,18-8-. The van der Waals surface area contributed by atoms with Gasteiger partial charge in [-0.15, -0.1) is 0 Å². The van der Waals surface area contributed by atoms with Gasteiger partial charge in [-0.3, -0.25) is 4.79 Å². The number of amides is 1. The van der Waals surface area contributed by atoms with Crippen molar-refractivity contribution in [1.82, 2.24) is 5.43 Å². The Hall–Kier alpha value is -2.56. The van der Waals surface area contributed by atoms with Crippen molar-refractivity contribution >= 4 is 12.1 Å². The molecule has 0 aromatic heterocycles. The summed E-state index contributed by atoms with van der Waals surface area (Å²) in [6.07, 6.45) is 7.43. The molecule has 3 N–H and O–H groups in total. The van der Waals surface area contributed by atoms with Crippen LogP contribution in [-0.4, -0.2) is 22.3 Å². The molecular formula is C17H22N2O3. The lowest BCUT2D eigenvalue weighted by Gasteiger charge is -2.01. The molecule has 22 heavy (non-hydrogen) atoms. The molecule has 0 fully saturated rings. The second kappa shape index (κ2) is 8.67. The topological polar surface area (TPSA) is 81.9 Å². The van der Waals surface area contributed by atoms with Crippen LogP contribution in [0.1, 0.15) is 44.0 Å². The Balaban J connectivity index is 2.51. The molecule has 0 radical (unpaired) electrons. The maximum atomic E-state index is 11.8. The van der Waals surface area contributed by atoms with Crippen molar-refractivity contribution in [2.75, 3.05) is 0 Å². The van der Waals surface area contributed by atoms with Gasteiger partial charge in [-0.1, -0.05) is 17.2 Å². The highest BCUT2D eigenvalue weighted by Gasteiger charge is 2.07. The molecule has 0 heterocycles. The van der Waals surface area contributed by atoms with E-state index in [-0.39, 0.29) is 17.1 Å². The summed E-state index contributed by atoms with van der Waals surface area (Å²) in [6.45, 7) is 6.13. The highest BCUT2D eigenvalue weighted by Crippen LogP contribution is 2.20. The molecule has 0 aliphatic heterocycles. The number of nitrogens with zero attached hydrogens (tertiary/aromatic N) is 1. The number of nitrogens with one attached hydrogen (secondary N) is 1. The summed E-state index contributed by atoms with van der Waals surface area (Å²) >= 11 is 0. The van der Waals surface area contributed by atoms with Crippen molar-refractivity contribution < 1.29 is 15.0 Å². The number of carbonyl (C=O) groups excluding carboxylic acids is 1. The highest BCUT2D eigenvalue weighted by molar-refractivity contribution is 5.95. The molecule has 0 aliphatic carbocycles. The zero-order chi connectivity index (χ0) is 16.5. The van der Waals surface area contributed by atoms with Gasteiger partial charge in [0.25, 0.3) is 5.91 Å². The average molecular weight is 302 g/mol. The van der Waals surface area contributed by atoms with Crippen molar-refractivity contribution in [1.29, 1.82) is 0 Å². The number of hydrogen-bond donors (Lipinski definition) is 3. The van der Waals surface area contributed by atoms with Crippen LogP contribution < -0.4 is 5.43 Å². The second-order valence-electron chi connectivity index (χ2n) is 5.29. The summed E-state index contributed by atoms with van der Waals surface area (Å²) in [5.74, 6) is -0.855. The first kappa shape index (κ1) is 17.5. The SMILES string of the molecule is CC(C)=CCC/C(C)=C/C=N\NC(=O)c1cc(O)cc(O)c1. The number of phenols is 2. The van der Waals surface area contributed by atoms with Crippen molar-refractivity contribution in [3.8, 4) is 11.5 Å². The fourth-order valence-electron chi connectivity index (χ4n) is 1.72. The smallest absolute Gasteiger partial charge is 0.271 e. The summed E-state index contributed by atoms with van der Waals surface area (Å²) in [6, 6.07) is 3.66. The van der Waals surface area contributed by atoms with E-state index in [4.69, 9.17) is 0 Å². The summed E-state index contributed by atoms with van der Waals surface area (Å²) in [4.78, 5) is 11.8. The largest absolute Gasteiger partial charge is 0.508 e. The van der Waals surface area contributed by atoms with Gasteiger partial charge in [0.15, 0.2) is 0 Å². The molecule has 118 valence electrons. The third-order valence-corrected chi connectivity index (χ3v) is 2.86. The lowest BCUT2D eigenvalue weighted by atomic mass is 10.1. The van der Waals surface area contributed by atoms with E-state index >= 15 is 0 Å². The zero-order valence-corrected chi connectivity index (χ0v) is 13.1. The van der Waals surface area contributed by atoms with Gasteiger partial charge in [0.05, 0.1) is 0 Å². The lowest BCUT2D eigenvalue weighted by molar-refractivity contribution is 0.0954. The maximum absolute atomic E-state index is 11.8. The summed E-state index contributed by atoms with van der Waals surface area (Å²) in [5, 5.41) is 22.4. The number of benzene rings is 1. The molecule has 0 saturated carbocycles. The van der Waals surface area contributed by atoms with Crippen molar-refractivity contribution in [2.24, 2.45) is 5.10 Å². The third-order valence-electron chi connectivity index (χ3n) is 2.86. The predicted molar refractivity (Wildman–Crippen MR) is 88.2 cm³/mol. The van der Waals surface area contributed by atoms with Gasteiger partial charge in [0, 0.05) is 17.8 Å². The molecule has 0 atom stereocenters. The quantitative estimate of drug-likeness (QED) is 0.427. The van der Waals surface area contributed by atoms with Crippen LogP contribution in [0.5, 0.6) is 11.5 Å². The number of rotatable bonds is 6. The lowest BCUT2D eigenvalue weighted by Crippen LogP contribution is -2.17. The Bertz CT molecular complexity index is 592. The van der Waals surface area contributed by atoms with Crippen LogP contribution >= 0.6 is 0 Å². The summed E-state index contributed by atoms with van der Waals surface area (Å²) in [7, 11) is 0. The monoisotopic (exact) mass is 302 g/mol. The normalized spacial score (nSPS) is 11.5. The van der Waals surface area contributed by atoms with E-state index in [0.717, 1.165) is 24.5 Å². The van der Waals surface area contributed by atoms with Crippen LogP contribution in [0.2, 0.25) is 0 Å². The first-order valence-electron chi connectivity index (χ1n) is 7.04. The van der Waals surface area contributed by atoms with E-state index in [1.54, 1.807) is 0 Å². The van der Waals surface area contributed by atoms with Crippen LogP contribution in [0.25, 0.3) is 0 Å². The number of allylic oxidation sites excluding steroid dienone is 4. The predicted octanol–water partition coefficient (Wildman–Crippen LogP) is 3.51. The second-order valence-corrected chi connectivity index (χ2v) is 5.29. The maximum Gasteiger partial charge on any atom is 0.271 e. The molecule has 5 heteroatoms. The Morgan fingerprint density at radius 1 is 1.18 bits per heavy atom. The number of hydrogen-bond acceptors (Lipinski definition) is 4. The Labute approximate surface area is 130 Å². The first-order chi connectivity index (χ1) is 10.4. The fraction of sp³-hybridized carbons (Fsp3) is 0.294. The Morgan fingerprint density at radius 2 is 1.82 bits per heavy atom. The molecule has 1 amide bonds. The van der Waals surface area contributed by atoms with Crippen LogP contribution in [0.3, 0.4) is 0 Å². The molecule has 0 saturated heterocycles. The van der Waals surface area contributed by atoms with Gasteiger partial charge < -0.3 is 10.2 Å². The molecular weight excluding hydrogens is 280 g/mol. The molecule has 1 aromatic rings. The van der Waals surface area contributed by atoms with Crippen LogP contribution in [0.15, 0.2) is 46.6 Å². The van der Waals surface area contributed by atoms with Gasteiger partial charge in [0.1, 0.15) is 11.5 Å².